The minimum absolute atomic E-state index is 0.350. The van der Waals surface area contributed by atoms with E-state index in [1.54, 1.807) is 0 Å². The highest BCUT2D eigenvalue weighted by molar-refractivity contribution is 7.70. The van der Waals surface area contributed by atoms with Gasteiger partial charge in [-0.05, 0) is 305 Å². The molecule has 0 N–H and O–H groups in total. The van der Waals surface area contributed by atoms with E-state index in [9.17, 15) is 13.7 Å². The molecule has 0 aliphatic heterocycles. The van der Waals surface area contributed by atoms with Crippen LogP contribution in [0.25, 0.3) is 144 Å². The monoisotopic (exact) mass is 1790 g/mol. The molecule has 4 aliphatic carbocycles. The summed E-state index contributed by atoms with van der Waals surface area (Å²) in [5, 5.41) is 10.3. The third-order valence-corrected chi connectivity index (χ3v) is 33.5. The molecule has 21 aromatic carbocycles. The van der Waals surface area contributed by atoms with Crippen molar-refractivity contribution < 1.29 is 13.7 Å². The van der Waals surface area contributed by atoms with Crippen LogP contribution in [0.5, 0.6) is 0 Å². The van der Waals surface area contributed by atoms with Crippen molar-refractivity contribution in [2.75, 3.05) is 40.0 Å². The predicted octanol–water partition coefficient (Wildman–Crippen LogP) is 32.3. The van der Waals surface area contributed by atoms with Crippen LogP contribution >= 0.6 is 21.4 Å². The lowest BCUT2D eigenvalue weighted by Crippen LogP contribution is -2.28. The summed E-state index contributed by atoms with van der Waals surface area (Å²) in [7, 11) is -6.85. The Balaban J connectivity index is 0.000000114. The summed E-state index contributed by atoms with van der Waals surface area (Å²) in [5.41, 5.74) is 39.0. The lowest BCUT2D eigenvalue weighted by Gasteiger charge is -2.34. The maximum atomic E-state index is 12.7. The summed E-state index contributed by atoms with van der Waals surface area (Å²) in [6.45, 7) is 10.9. The summed E-state index contributed by atoms with van der Waals surface area (Å²) in [6, 6.07) is 174. The summed E-state index contributed by atoms with van der Waals surface area (Å²) in [4.78, 5) is 0. The van der Waals surface area contributed by atoms with Crippen molar-refractivity contribution in [3.63, 3.8) is 0 Å². The molecule has 21 aromatic rings. The van der Waals surface area contributed by atoms with Crippen molar-refractivity contribution >= 4 is 69.7 Å². The molecule has 0 saturated heterocycles. The predicted molar refractivity (Wildman–Crippen MR) is 573 cm³/mol. The molecule has 0 amide bonds. The van der Waals surface area contributed by atoms with Crippen LogP contribution in [0, 0.1) is 0 Å². The Hall–Kier alpha value is -14.9. The van der Waals surface area contributed by atoms with Crippen LogP contribution in [0.4, 0.5) is 0 Å². The van der Waals surface area contributed by atoms with Crippen LogP contribution < -0.4 is 15.9 Å². The molecule has 0 saturated carbocycles. The van der Waals surface area contributed by atoms with E-state index in [4.69, 9.17) is 0 Å². The molecular weight excluding hydrogens is 1690 g/mol. The molecule has 0 unspecified atom stereocenters. The Bertz CT molecular complexity index is 8030. The van der Waals surface area contributed by atoms with Crippen LogP contribution in [0.2, 0.25) is 0 Å². The van der Waals surface area contributed by atoms with Crippen molar-refractivity contribution in [1.82, 2.24) is 0 Å². The molecule has 3 nitrogen and oxygen atoms in total. The highest BCUT2D eigenvalue weighted by Gasteiger charge is 2.53. The van der Waals surface area contributed by atoms with E-state index in [2.05, 4.69) is 443 Å². The topological polar surface area (TPSA) is 51.2 Å². The first-order chi connectivity index (χ1) is 65.8. The minimum Gasteiger partial charge on any atom is -0.319 e. The second-order valence-corrected chi connectivity index (χ2v) is 47.4. The van der Waals surface area contributed by atoms with Crippen LogP contribution in [0.1, 0.15) is 66.8 Å². The number of fused-ring (bicyclic) bond motifs is 19. The molecule has 0 fully saturated rings. The van der Waals surface area contributed by atoms with E-state index in [0.717, 1.165) is 49.3 Å². The summed E-state index contributed by atoms with van der Waals surface area (Å²) >= 11 is 0. The lowest BCUT2D eigenvalue weighted by molar-refractivity contribution is 0.587. The quantitative estimate of drug-likeness (QED) is 0.108. The minimum atomic E-state index is -2.31. The first-order valence-corrected chi connectivity index (χ1v) is 54.3. The summed E-state index contributed by atoms with van der Waals surface area (Å²) < 4.78 is 37.6. The standard InChI is InChI=1S/C43H31OP.2C43H33OP/c1-45(2,44)34-22-19-29(20-23-34)28-15-17-30(18-16-28)33-21-24-41-37(26-33)38-25-31-9-3-4-10-32(31)27-42(38)43(41)39-13-7-5-11-35(39)36-12-6-8-14-40(36)43;1-45(2,44)37-25-23-30(24-26-37)31-15-11-16-34(27-31)38-21-12-22-40-42(38)39-28-32-13-9-10-14-33(32)29-41(39)43(40,35-17-5-3-6-18-35)36-19-7-4-8-20-36;1-45(2,44)38-24-21-31(22-25-38)30-17-19-32(20-18-30)35-23-26-41-39(28-35)40-27-33-11-9-10-12-34(33)29-42(40)43(41,36-13-5-3-6-14-36)37-15-7-4-8-16-37/h3-27H,1-2H3;2*3-29H,1-2H3. The van der Waals surface area contributed by atoms with Gasteiger partial charge in [-0.2, -0.15) is 0 Å². The Morgan fingerprint density at radius 3 is 0.756 bits per heavy atom. The van der Waals surface area contributed by atoms with Gasteiger partial charge in [-0.15, -0.1) is 0 Å². The Morgan fingerprint density at radius 1 is 0.148 bits per heavy atom. The average molecular weight is 1790 g/mol. The normalized spacial score (nSPS) is 13.5. The largest absolute Gasteiger partial charge is 0.319 e. The van der Waals surface area contributed by atoms with Crippen molar-refractivity contribution in [3.8, 4) is 111 Å². The first kappa shape index (κ1) is 84.4. The first-order valence-electron chi connectivity index (χ1n) is 46.5. The van der Waals surface area contributed by atoms with Gasteiger partial charge in [-0.3, -0.25) is 0 Å². The Kier molecular flexibility index (Phi) is 20.9. The third kappa shape index (κ3) is 14.3. The van der Waals surface area contributed by atoms with Gasteiger partial charge in [0.25, 0.3) is 0 Å². The van der Waals surface area contributed by atoms with E-state index in [1.807, 2.05) is 76.4 Å². The Morgan fingerprint density at radius 2 is 0.385 bits per heavy atom. The van der Waals surface area contributed by atoms with Crippen molar-refractivity contribution in [3.05, 3.63) is 546 Å². The van der Waals surface area contributed by atoms with Crippen LogP contribution in [0.15, 0.2) is 479 Å². The van der Waals surface area contributed by atoms with E-state index >= 15 is 0 Å². The van der Waals surface area contributed by atoms with Crippen molar-refractivity contribution in [2.24, 2.45) is 0 Å². The maximum Gasteiger partial charge on any atom is 0.109 e. The zero-order valence-corrected chi connectivity index (χ0v) is 78.9. The van der Waals surface area contributed by atoms with E-state index in [1.165, 1.54) is 177 Å². The number of hydrogen-bond donors (Lipinski definition) is 0. The zero-order valence-electron chi connectivity index (χ0n) is 76.2. The molecule has 6 heteroatoms. The van der Waals surface area contributed by atoms with Gasteiger partial charge in [-0.25, -0.2) is 0 Å². The van der Waals surface area contributed by atoms with E-state index in [-0.39, 0.29) is 5.41 Å². The molecule has 1 spiro atoms. The zero-order chi connectivity index (χ0) is 91.5. The second kappa shape index (κ2) is 33.4. The molecule has 0 aromatic heterocycles. The molecular formula is C129H97O3P3. The molecule has 0 radical (unpaired) electrons. The van der Waals surface area contributed by atoms with Gasteiger partial charge in [0.1, 0.15) is 21.4 Å². The van der Waals surface area contributed by atoms with Crippen LogP contribution in [-0.2, 0) is 29.9 Å². The number of hydrogen-bond acceptors (Lipinski definition) is 3. The van der Waals surface area contributed by atoms with Gasteiger partial charge in [0, 0.05) is 15.9 Å². The van der Waals surface area contributed by atoms with Gasteiger partial charge in [0.15, 0.2) is 0 Å². The lowest BCUT2D eigenvalue weighted by atomic mass is 9.67. The average Bonchev–Trinajstić information content (AvgIpc) is 1.50. The number of rotatable bonds is 13. The van der Waals surface area contributed by atoms with Crippen molar-refractivity contribution in [2.45, 2.75) is 16.2 Å². The highest BCUT2D eigenvalue weighted by atomic mass is 31.2. The van der Waals surface area contributed by atoms with Gasteiger partial charge in [0.2, 0.25) is 0 Å². The maximum absolute atomic E-state index is 12.7. The Labute approximate surface area is 791 Å². The molecule has 0 atom stereocenters. The highest BCUT2D eigenvalue weighted by Crippen LogP contribution is 2.65. The van der Waals surface area contributed by atoms with Gasteiger partial charge in [-0.1, -0.05) is 425 Å². The fourth-order valence-corrected chi connectivity index (χ4v) is 25.0. The second-order valence-electron chi connectivity index (χ2n) is 37.7. The SMILES string of the molecule is CP(C)(=O)c1ccc(-c2ccc(-c3ccc4c(c3)-c3cc5ccccc5cc3C4(c3ccccc3)c3ccccc3)cc2)cc1.CP(C)(=O)c1ccc(-c2ccc(-c3ccc4c(c3)-c3cc5ccccc5cc3C43c4ccccc4-c4ccccc43)cc2)cc1.CP(C)(=O)c1ccc(-c2cccc(-c3cccc4c3-c3cc5ccccc5cc3C4(c3ccccc3)c3ccccc3)c2)cc1. The summed E-state index contributed by atoms with van der Waals surface area (Å²) in [5.74, 6) is 0. The molecule has 0 bridgehead atoms. The van der Waals surface area contributed by atoms with Crippen LogP contribution in [0.3, 0.4) is 0 Å². The fourth-order valence-electron chi connectivity index (χ4n) is 22.4. The molecule has 0 heterocycles. The third-order valence-electron chi connectivity index (χ3n) is 28.9. The smallest absolute Gasteiger partial charge is 0.109 e. The van der Waals surface area contributed by atoms with E-state index in [0.29, 0.717) is 0 Å². The van der Waals surface area contributed by atoms with Gasteiger partial charge in [0.05, 0.1) is 16.2 Å². The van der Waals surface area contributed by atoms with Gasteiger partial charge < -0.3 is 13.7 Å². The molecule has 4 aliphatic rings. The fraction of sp³-hybridized carbons (Fsp3) is 0.0698. The van der Waals surface area contributed by atoms with E-state index < -0.39 is 32.3 Å². The molecule has 25 rings (SSSR count). The van der Waals surface area contributed by atoms with Crippen LogP contribution in [-0.4, -0.2) is 40.0 Å². The molecule has 646 valence electrons. The van der Waals surface area contributed by atoms with Crippen molar-refractivity contribution in [1.29, 1.82) is 0 Å². The number of benzene rings is 21. The van der Waals surface area contributed by atoms with Gasteiger partial charge >= 0.3 is 0 Å². The summed E-state index contributed by atoms with van der Waals surface area (Å²) in [6.07, 6.45) is 0. The molecule has 135 heavy (non-hydrogen) atoms.